The highest BCUT2D eigenvalue weighted by atomic mass is 19.1. The van der Waals surface area contributed by atoms with Crippen molar-refractivity contribution < 1.29 is 14.2 Å². The maximum atomic E-state index is 13.3. The monoisotopic (exact) mass is 266 g/mol. The molecule has 0 unspecified atom stereocenters. The molecule has 0 atom stereocenters. The van der Waals surface area contributed by atoms with Crippen molar-refractivity contribution in [2.45, 2.75) is 6.92 Å². The van der Waals surface area contributed by atoms with Crippen molar-refractivity contribution in [2.24, 2.45) is 0 Å². The van der Waals surface area contributed by atoms with Crippen LogP contribution in [0.15, 0.2) is 33.9 Å². The molecular weight excluding hydrogens is 255 g/mol. The number of nitrogens with zero attached hydrogens (tertiary/aromatic N) is 1. The highest BCUT2D eigenvalue weighted by Gasteiger charge is 2.14. The number of halogens is 1. The molecule has 0 amide bonds. The number of ether oxygens (including phenoxy) is 1. The molecule has 7 heteroatoms. The van der Waals surface area contributed by atoms with Crippen molar-refractivity contribution in [1.82, 2.24) is 9.55 Å². The molecule has 0 saturated heterocycles. The van der Waals surface area contributed by atoms with Crippen LogP contribution in [-0.4, -0.2) is 21.3 Å². The van der Waals surface area contributed by atoms with E-state index in [-0.39, 0.29) is 5.69 Å². The molecule has 0 aliphatic rings. The topological polar surface area (TPSA) is 84.3 Å². The molecule has 0 fully saturated rings. The summed E-state index contributed by atoms with van der Waals surface area (Å²) in [4.78, 5) is 24.3. The zero-order valence-electron chi connectivity index (χ0n) is 10.0. The average Bonchev–Trinajstić information content (AvgIpc) is 2.38. The molecule has 2 rings (SSSR count). The maximum absolute atomic E-state index is 13.3. The minimum absolute atomic E-state index is 0.209. The lowest BCUT2D eigenvalue weighted by molar-refractivity contribution is 0.340. The van der Waals surface area contributed by atoms with E-state index in [1.807, 2.05) is 6.92 Å². The van der Waals surface area contributed by atoms with Gasteiger partial charge in [-0.3, -0.25) is 9.78 Å². The SMILES string of the molecule is CCOc1ccc(-n2c(O)c(F)c(=O)[nH]c2=O)cc1. The second-order valence-corrected chi connectivity index (χ2v) is 3.66. The van der Waals surface area contributed by atoms with Gasteiger partial charge in [0.2, 0.25) is 11.7 Å². The van der Waals surface area contributed by atoms with Crippen molar-refractivity contribution >= 4 is 0 Å². The van der Waals surface area contributed by atoms with E-state index in [0.29, 0.717) is 16.9 Å². The van der Waals surface area contributed by atoms with Crippen LogP contribution in [0.3, 0.4) is 0 Å². The smallest absolute Gasteiger partial charge is 0.335 e. The summed E-state index contributed by atoms with van der Waals surface area (Å²) in [6.45, 7) is 2.30. The van der Waals surface area contributed by atoms with Crippen molar-refractivity contribution in [3.63, 3.8) is 0 Å². The van der Waals surface area contributed by atoms with Gasteiger partial charge in [-0.05, 0) is 31.2 Å². The number of hydrogen-bond acceptors (Lipinski definition) is 4. The molecule has 1 aromatic heterocycles. The van der Waals surface area contributed by atoms with Crippen molar-refractivity contribution in [3.8, 4) is 17.3 Å². The number of benzene rings is 1. The zero-order valence-corrected chi connectivity index (χ0v) is 10.0. The Morgan fingerprint density at radius 2 is 1.95 bits per heavy atom. The molecule has 1 heterocycles. The summed E-state index contributed by atoms with van der Waals surface area (Å²) < 4.78 is 19.2. The summed E-state index contributed by atoms with van der Waals surface area (Å²) in [5, 5.41) is 9.52. The normalized spacial score (nSPS) is 10.4. The van der Waals surface area contributed by atoms with Crippen LogP contribution in [0.25, 0.3) is 5.69 Å². The first kappa shape index (κ1) is 12.9. The van der Waals surface area contributed by atoms with Crippen molar-refractivity contribution in [2.75, 3.05) is 6.61 Å². The average molecular weight is 266 g/mol. The third-order valence-corrected chi connectivity index (χ3v) is 2.44. The quantitative estimate of drug-likeness (QED) is 0.859. The predicted molar refractivity (Wildman–Crippen MR) is 65.5 cm³/mol. The van der Waals surface area contributed by atoms with Crippen molar-refractivity contribution in [1.29, 1.82) is 0 Å². The van der Waals surface area contributed by atoms with Gasteiger partial charge < -0.3 is 9.84 Å². The number of aromatic amines is 1. The lowest BCUT2D eigenvalue weighted by atomic mass is 10.3. The number of nitrogens with one attached hydrogen (secondary N) is 1. The molecule has 0 aliphatic heterocycles. The van der Waals surface area contributed by atoms with Crippen LogP contribution in [0.4, 0.5) is 4.39 Å². The van der Waals surface area contributed by atoms with Gasteiger partial charge in [-0.2, -0.15) is 4.39 Å². The fourth-order valence-corrected chi connectivity index (χ4v) is 1.60. The number of H-pyrrole nitrogens is 1. The third-order valence-electron chi connectivity index (χ3n) is 2.44. The number of aromatic hydroxyl groups is 1. The van der Waals surface area contributed by atoms with Crippen LogP contribution < -0.4 is 16.0 Å². The second kappa shape index (κ2) is 4.97. The van der Waals surface area contributed by atoms with Gasteiger partial charge in [-0.15, -0.1) is 0 Å². The summed E-state index contributed by atoms with van der Waals surface area (Å²) in [6.07, 6.45) is 0. The minimum atomic E-state index is -1.41. The number of aromatic nitrogens is 2. The Labute approximate surface area is 106 Å². The van der Waals surface area contributed by atoms with Gasteiger partial charge in [0.05, 0.1) is 12.3 Å². The highest BCUT2D eigenvalue weighted by Crippen LogP contribution is 2.18. The molecule has 0 bridgehead atoms. The van der Waals surface area contributed by atoms with Gasteiger partial charge in [0.15, 0.2) is 0 Å². The first-order valence-electron chi connectivity index (χ1n) is 5.51. The van der Waals surface area contributed by atoms with E-state index in [2.05, 4.69) is 0 Å². The van der Waals surface area contributed by atoms with Gasteiger partial charge >= 0.3 is 5.69 Å². The van der Waals surface area contributed by atoms with Gasteiger partial charge in [0.1, 0.15) is 5.75 Å². The van der Waals surface area contributed by atoms with Gasteiger partial charge in [0.25, 0.3) is 5.56 Å². The minimum Gasteiger partial charge on any atom is -0.494 e. The second-order valence-electron chi connectivity index (χ2n) is 3.66. The number of hydrogen-bond donors (Lipinski definition) is 2. The van der Waals surface area contributed by atoms with Gasteiger partial charge in [0, 0.05) is 0 Å². The van der Waals surface area contributed by atoms with Crippen molar-refractivity contribution in [3.05, 3.63) is 50.9 Å². The fraction of sp³-hybridized carbons (Fsp3) is 0.167. The summed E-state index contributed by atoms with van der Waals surface area (Å²) in [6, 6.07) is 6.05. The van der Waals surface area contributed by atoms with E-state index in [1.165, 1.54) is 12.1 Å². The molecule has 0 spiro atoms. The molecule has 0 aliphatic carbocycles. The van der Waals surface area contributed by atoms with E-state index in [9.17, 15) is 19.1 Å². The largest absolute Gasteiger partial charge is 0.494 e. The summed E-state index contributed by atoms with van der Waals surface area (Å²) >= 11 is 0. The first-order valence-corrected chi connectivity index (χ1v) is 5.51. The van der Waals surface area contributed by atoms with E-state index >= 15 is 0 Å². The Balaban J connectivity index is 2.56. The van der Waals surface area contributed by atoms with E-state index in [4.69, 9.17) is 4.74 Å². The van der Waals surface area contributed by atoms with Crippen LogP contribution in [0.2, 0.25) is 0 Å². The number of rotatable bonds is 3. The maximum Gasteiger partial charge on any atom is 0.335 e. The Hall–Kier alpha value is -2.57. The summed E-state index contributed by atoms with van der Waals surface area (Å²) in [5.41, 5.74) is -1.97. The fourth-order valence-electron chi connectivity index (χ4n) is 1.60. The van der Waals surface area contributed by atoms with Crippen LogP contribution in [0.1, 0.15) is 6.92 Å². The van der Waals surface area contributed by atoms with Crippen LogP contribution in [-0.2, 0) is 0 Å². The Bertz CT molecular complexity index is 703. The van der Waals surface area contributed by atoms with E-state index in [0.717, 1.165) is 0 Å². The lowest BCUT2D eigenvalue weighted by Crippen LogP contribution is -2.30. The summed E-state index contributed by atoms with van der Waals surface area (Å²) in [5.74, 6) is -1.87. The Morgan fingerprint density at radius 3 is 2.53 bits per heavy atom. The lowest BCUT2D eigenvalue weighted by Gasteiger charge is -2.09. The van der Waals surface area contributed by atoms with E-state index in [1.54, 1.807) is 17.1 Å². The van der Waals surface area contributed by atoms with Gasteiger partial charge in [-0.25, -0.2) is 9.36 Å². The predicted octanol–water partition coefficient (Wildman–Crippen LogP) is 0.769. The standard InChI is InChI=1S/C12H11FN2O4/c1-2-19-8-5-3-7(4-6-8)15-11(17)9(13)10(16)14-12(15)18/h3-6,17H,2H2,1H3,(H,14,16,18). The first-order chi connectivity index (χ1) is 9.04. The molecule has 0 saturated carbocycles. The summed E-state index contributed by atoms with van der Waals surface area (Å²) in [7, 11) is 0. The molecule has 6 nitrogen and oxygen atoms in total. The highest BCUT2D eigenvalue weighted by molar-refractivity contribution is 5.39. The molecule has 19 heavy (non-hydrogen) atoms. The van der Waals surface area contributed by atoms with Crippen LogP contribution >= 0.6 is 0 Å². The molecule has 1 aromatic carbocycles. The third kappa shape index (κ3) is 2.35. The Morgan fingerprint density at radius 1 is 1.32 bits per heavy atom. The molecule has 0 radical (unpaired) electrons. The van der Waals surface area contributed by atoms with Gasteiger partial charge in [-0.1, -0.05) is 0 Å². The Kier molecular flexibility index (Phi) is 3.37. The zero-order chi connectivity index (χ0) is 14.0. The van der Waals surface area contributed by atoms with E-state index < -0.39 is 22.9 Å². The molecule has 100 valence electrons. The van der Waals surface area contributed by atoms with Crippen LogP contribution in [0, 0.1) is 5.82 Å². The van der Waals surface area contributed by atoms with Crippen LogP contribution in [0.5, 0.6) is 11.6 Å². The molecule has 2 aromatic rings. The molecular formula is C12H11FN2O4. The molecule has 2 N–H and O–H groups in total.